The molecule has 0 bridgehead atoms. The third kappa shape index (κ3) is 2.55. The molecule has 2 amide bonds. The van der Waals surface area contributed by atoms with E-state index in [4.69, 9.17) is 18.0 Å². The maximum atomic E-state index is 11.8. The fourth-order valence-electron chi connectivity index (χ4n) is 2.14. The average molecular weight is 278 g/mol. The SMILES string of the molecule is CCC1C(=O)NC(=O)CN1c1cccnc1C(N)=S. The van der Waals surface area contributed by atoms with Crippen molar-refractivity contribution in [2.24, 2.45) is 5.73 Å². The largest absolute Gasteiger partial charge is 0.388 e. The van der Waals surface area contributed by atoms with Crippen LogP contribution >= 0.6 is 12.2 Å². The molecule has 1 aliphatic rings. The highest BCUT2D eigenvalue weighted by atomic mass is 32.1. The van der Waals surface area contributed by atoms with Crippen molar-refractivity contribution in [1.29, 1.82) is 0 Å². The van der Waals surface area contributed by atoms with Gasteiger partial charge in [0.2, 0.25) is 11.8 Å². The lowest BCUT2D eigenvalue weighted by Gasteiger charge is -2.35. The first kappa shape index (κ1) is 13.4. The third-order valence-corrected chi connectivity index (χ3v) is 3.16. The van der Waals surface area contributed by atoms with E-state index in [1.165, 1.54) is 0 Å². The molecule has 2 heterocycles. The summed E-state index contributed by atoms with van der Waals surface area (Å²) in [6.45, 7) is 1.97. The molecule has 19 heavy (non-hydrogen) atoms. The maximum absolute atomic E-state index is 11.8. The summed E-state index contributed by atoms with van der Waals surface area (Å²) in [5.41, 5.74) is 6.68. The van der Waals surface area contributed by atoms with Gasteiger partial charge >= 0.3 is 0 Å². The normalized spacial score (nSPS) is 19.2. The van der Waals surface area contributed by atoms with Crippen LogP contribution in [-0.2, 0) is 9.59 Å². The molecule has 0 saturated carbocycles. The van der Waals surface area contributed by atoms with Crippen LogP contribution in [0.15, 0.2) is 18.3 Å². The Morgan fingerprint density at radius 2 is 2.37 bits per heavy atom. The Morgan fingerprint density at radius 1 is 1.63 bits per heavy atom. The molecule has 1 unspecified atom stereocenters. The van der Waals surface area contributed by atoms with Gasteiger partial charge in [-0.15, -0.1) is 0 Å². The zero-order valence-electron chi connectivity index (χ0n) is 10.4. The topological polar surface area (TPSA) is 88.3 Å². The molecule has 1 aromatic rings. The maximum Gasteiger partial charge on any atom is 0.249 e. The van der Waals surface area contributed by atoms with Crippen molar-refractivity contribution < 1.29 is 9.59 Å². The molecule has 1 aliphatic heterocycles. The number of piperazine rings is 1. The smallest absolute Gasteiger partial charge is 0.249 e. The standard InChI is InChI=1S/C12H14N4O2S/c1-2-7-12(18)15-9(17)6-16(7)8-4-3-5-14-10(8)11(13)19/h3-5,7H,2,6H2,1H3,(H2,13,19)(H,15,17,18). The summed E-state index contributed by atoms with van der Waals surface area (Å²) in [6, 6.07) is 3.06. The summed E-state index contributed by atoms with van der Waals surface area (Å²) in [6.07, 6.45) is 2.15. The van der Waals surface area contributed by atoms with Gasteiger partial charge in [0.15, 0.2) is 0 Å². The molecule has 7 heteroatoms. The summed E-state index contributed by atoms with van der Waals surface area (Å²) >= 11 is 4.96. The molecule has 1 aromatic heterocycles. The zero-order valence-corrected chi connectivity index (χ0v) is 11.2. The van der Waals surface area contributed by atoms with Gasteiger partial charge in [0.05, 0.1) is 12.2 Å². The fourth-order valence-corrected chi connectivity index (χ4v) is 2.30. The van der Waals surface area contributed by atoms with Crippen molar-refractivity contribution >= 4 is 34.7 Å². The number of pyridine rings is 1. The van der Waals surface area contributed by atoms with E-state index in [-0.39, 0.29) is 23.3 Å². The summed E-state index contributed by atoms with van der Waals surface area (Å²) in [7, 11) is 0. The van der Waals surface area contributed by atoms with Crippen LogP contribution in [0.25, 0.3) is 0 Å². The highest BCUT2D eigenvalue weighted by Gasteiger charge is 2.33. The van der Waals surface area contributed by atoms with Crippen molar-refractivity contribution in [1.82, 2.24) is 10.3 Å². The van der Waals surface area contributed by atoms with Crippen molar-refractivity contribution in [3.63, 3.8) is 0 Å². The zero-order chi connectivity index (χ0) is 14.0. The van der Waals surface area contributed by atoms with E-state index in [2.05, 4.69) is 10.3 Å². The quantitative estimate of drug-likeness (QED) is 0.595. The molecule has 1 atom stereocenters. The fraction of sp³-hybridized carbons (Fsp3) is 0.333. The van der Waals surface area contributed by atoms with Gasteiger partial charge in [-0.2, -0.15) is 0 Å². The van der Waals surface area contributed by atoms with E-state index in [0.29, 0.717) is 17.8 Å². The average Bonchev–Trinajstić information content (AvgIpc) is 2.37. The number of thiocarbonyl (C=S) groups is 1. The minimum Gasteiger partial charge on any atom is -0.388 e. The van der Waals surface area contributed by atoms with Gasteiger partial charge in [-0.05, 0) is 18.6 Å². The summed E-state index contributed by atoms with van der Waals surface area (Å²) in [4.78, 5) is 29.3. The van der Waals surface area contributed by atoms with Crippen molar-refractivity contribution in [2.75, 3.05) is 11.4 Å². The van der Waals surface area contributed by atoms with Crippen LogP contribution in [0.4, 0.5) is 5.69 Å². The number of nitrogens with zero attached hydrogens (tertiary/aromatic N) is 2. The van der Waals surface area contributed by atoms with Crippen molar-refractivity contribution in [2.45, 2.75) is 19.4 Å². The molecule has 0 radical (unpaired) electrons. The molecular weight excluding hydrogens is 264 g/mol. The molecule has 1 fully saturated rings. The van der Waals surface area contributed by atoms with Crippen LogP contribution in [0.5, 0.6) is 0 Å². The van der Waals surface area contributed by atoms with Crippen molar-refractivity contribution in [3.8, 4) is 0 Å². The number of hydrogen-bond donors (Lipinski definition) is 2. The summed E-state index contributed by atoms with van der Waals surface area (Å²) in [5.74, 6) is -0.649. The van der Waals surface area contributed by atoms with E-state index >= 15 is 0 Å². The Hall–Kier alpha value is -2.02. The first-order valence-corrected chi connectivity index (χ1v) is 6.30. The number of nitrogens with one attached hydrogen (secondary N) is 1. The molecular formula is C12H14N4O2S. The van der Waals surface area contributed by atoms with Crippen LogP contribution in [0.3, 0.4) is 0 Å². The summed E-state index contributed by atoms with van der Waals surface area (Å²) < 4.78 is 0. The van der Waals surface area contributed by atoms with E-state index < -0.39 is 6.04 Å². The first-order chi connectivity index (χ1) is 9.04. The molecule has 0 spiro atoms. The monoisotopic (exact) mass is 278 g/mol. The third-order valence-electron chi connectivity index (χ3n) is 2.97. The Morgan fingerprint density at radius 3 is 3.00 bits per heavy atom. The lowest BCUT2D eigenvalue weighted by Crippen LogP contribution is -2.58. The van der Waals surface area contributed by atoms with Gasteiger partial charge in [0, 0.05) is 6.20 Å². The second-order valence-electron chi connectivity index (χ2n) is 4.20. The summed E-state index contributed by atoms with van der Waals surface area (Å²) in [5, 5.41) is 2.32. The second kappa shape index (κ2) is 5.31. The predicted molar refractivity (Wildman–Crippen MR) is 74.7 cm³/mol. The van der Waals surface area contributed by atoms with Crippen LogP contribution < -0.4 is 16.0 Å². The molecule has 2 rings (SSSR count). The number of aromatic nitrogens is 1. The highest BCUT2D eigenvalue weighted by Crippen LogP contribution is 2.23. The number of nitrogens with two attached hydrogens (primary N) is 1. The van der Waals surface area contributed by atoms with Crippen LogP contribution in [0, 0.1) is 0 Å². The van der Waals surface area contributed by atoms with Gasteiger partial charge in [-0.1, -0.05) is 19.1 Å². The van der Waals surface area contributed by atoms with Crippen LogP contribution in [0.1, 0.15) is 19.0 Å². The number of hydrogen-bond acceptors (Lipinski definition) is 5. The molecule has 100 valence electrons. The molecule has 0 aromatic carbocycles. The molecule has 3 N–H and O–H groups in total. The van der Waals surface area contributed by atoms with Gasteiger partial charge in [0.25, 0.3) is 0 Å². The van der Waals surface area contributed by atoms with E-state index in [0.717, 1.165) is 0 Å². The lowest BCUT2D eigenvalue weighted by atomic mass is 10.1. The van der Waals surface area contributed by atoms with Gasteiger partial charge in [-0.3, -0.25) is 19.9 Å². The first-order valence-electron chi connectivity index (χ1n) is 5.89. The Bertz CT molecular complexity index is 546. The number of carbonyl (C=O) groups excluding carboxylic acids is 2. The number of carbonyl (C=O) groups is 2. The second-order valence-corrected chi connectivity index (χ2v) is 4.64. The Balaban J connectivity index is 2.46. The van der Waals surface area contributed by atoms with Gasteiger partial charge in [0.1, 0.15) is 16.7 Å². The highest BCUT2D eigenvalue weighted by molar-refractivity contribution is 7.80. The number of imide groups is 1. The van der Waals surface area contributed by atoms with E-state index in [1.807, 2.05) is 6.92 Å². The number of amides is 2. The molecule has 0 aliphatic carbocycles. The molecule has 1 saturated heterocycles. The van der Waals surface area contributed by atoms with Gasteiger partial charge < -0.3 is 10.6 Å². The number of anilines is 1. The van der Waals surface area contributed by atoms with Crippen LogP contribution in [0.2, 0.25) is 0 Å². The van der Waals surface area contributed by atoms with E-state index in [1.54, 1.807) is 23.2 Å². The van der Waals surface area contributed by atoms with Gasteiger partial charge in [-0.25, -0.2) is 0 Å². The number of rotatable bonds is 3. The van der Waals surface area contributed by atoms with E-state index in [9.17, 15) is 9.59 Å². The van der Waals surface area contributed by atoms with Crippen molar-refractivity contribution in [3.05, 3.63) is 24.0 Å². The van der Waals surface area contributed by atoms with Crippen LogP contribution in [-0.4, -0.2) is 34.4 Å². The minimum atomic E-state index is -0.421. The minimum absolute atomic E-state index is 0.0888. The lowest BCUT2D eigenvalue weighted by molar-refractivity contribution is -0.132. The Labute approximate surface area is 116 Å². The Kier molecular flexibility index (Phi) is 3.75. The predicted octanol–water partition coefficient (Wildman–Crippen LogP) is -0.0428. The molecule has 6 nitrogen and oxygen atoms in total.